The molecule has 19 heavy (non-hydrogen) atoms. The van der Waals surface area contributed by atoms with Gasteiger partial charge >= 0.3 is 5.97 Å². The second kappa shape index (κ2) is 5.27. The summed E-state index contributed by atoms with van der Waals surface area (Å²) in [7, 11) is 0. The molecule has 0 aromatic heterocycles. The summed E-state index contributed by atoms with van der Waals surface area (Å²) in [6, 6.07) is 3.66. The monoisotopic (exact) mass is 268 g/mol. The van der Waals surface area contributed by atoms with Gasteiger partial charge in [0.15, 0.2) is 0 Å². The van der Waals surface area contributed by atoms with Gasteiger partial charge in [-0.3, -0.25) is 4.79 Å². The molecule has 2 atom stereocenters. The average Bonchev–Trinajstić information content (AvgIpc) is 2.79. The molecule has 4 heteroatoms. The third-order valence-electron chi connectivity index (χ3n) is 4.32. The molecule has 0 radical (unpaired) electrons. The fourth-order valence-electron chi connectivity index (χ4n) is 3.06. The molecule has 0 amide bonds. The Morgan fingerprint density at radius 2 is 2.05 bits per heavy atom. The molecule has 0 heterocycles. The third-order valence-corrected chi connectivity index (χ3v) is 4.32. The lowest BCUT2D eigenvalue weighted by molar-refractivity contribution is -0.148. The lowest BCUT2D eigenvalue weighted by atomic mass is 9.79. The molecule has 104 valence electrons. The molecular weight excluding hydrogens is 250 g/mol. The van der Waals surface area contributed by atoms with Crippen molar-refractivity contribution < 1.29 is 18.7 Å². The first kappa shape index (κ1) is 14.0. The fourth-order valence-corrected chi connectivity index (χ4v) is 3.06. The Labute approximate surface area is 111 Å². The lowest BCUT2D eigenvalue weighted by Gasteiger charge is -2.25. The van der Waals surface area contributed by atoms with Crippen LogP contribution in [0.2, 0.25) is 0 Å². The van der Waals surface area contributed by atoms with Gasteiger partial charge in [-0.15, -0.1) is 0 Å². The summed E-state index contributed by atoms with van der Waals surface area (Å²) < 4.78 is 27.4. The van der Waals surface area contributed by atoms with Crippen LogP contribution in [-0.2, 0) is 11.2 Å². The van der Waals surface area contributed by atoms with Gasteiger partial charge in [-0.25, -0.2) is 8.78 Å². The topological polar surface area (TPSA) is 37.3 Å². The minimum atomic E-state index is -1.01. The van der Waals surface area contributed by atoms with Gasteiger partial charge in [0.2, 0.25) is 0 Å². The summed E-state index contributed by atoms with van der Waals surface area (Å²) in [5.41, 5.74) is -1.11. The molecular formula is C15H18F2O2. The number of rotatable bonds is 4. The zero-order valence-corrected chi connectivity index (χ0v) is 11.0. The molecule has 2 rings (SSSR count). The molecule has 0 aliphatic heterocycles. The van der Waals surface area contributed by atoms with Crippen LogP contribution in [0, 0.1) is 23.0 Å². The Morgan fingerprint density at radius 1 is 1.42 bits per heavy atom. The molecule has 1 aliphatic carbocycles. The van der Waals surface area contributed by atoms with Crippen molar-refractivity contribution in [3.63, 3.8) is 0 Å². The third kappa shape index (κ3) is 2.62. The summed E-state index contributed by atoms with van der Waals surface area (Å²) in [6.07, 6.45) is 2.67. The van der Waals surface area contributed by atoms with Crippen LogP contribution in [0.25, 0.3) is 0 Å². The average molecular weight is 268 g/mol. The van der Waals surface area contributed by atoms with E-state index in [1.54, 1.807) is 0 Å². The number of halogens is 2. The van der Waals surface area contributed by atoms with Gasteiger partial charge in [-0.1, -0.05) is 19.4 Å². The molecule has 2 nitrogen and oxygen atoms in total. The molecule has 2 unspecified atom stereocenters. The highest BCUT2D eigenvalue weighted by atomic mass is 19.1. The molecule has 0 spiro atoms. The van der Waals surface area contributed by atoms with Gasteiger partial charge in [0, 0.05) is 5.56 Å². The van der Waals surface area contributed by atoms with Crippen LogP contribution >= 0.6 is 0 Å². The lowest BCUT2D eigenvalue weighted by Crippen LogP contribution is -2.31. The zero-order valence-electron chi connectivity index (χ0n) is 11.0. The van der Waals surface area contributed by atoms with Crippen molar-refractivity contribution in [3.8, 4) is 0 Å². The largest absolute Gasteiger partial charge is 0.481 e. The SMILES string of the molecule is CCC1CCC(Cc2c(F)cccc2F)(C(=O)O)C1. The Morgan fingerprint density at radius 3 is 2.53 bits per heavy atom. The standard InChI is InChI=1S/C15H18F2O2/c1-2-10-6-7-15(8-10,14(18)19)9-11-12(16)4-3-5-13(11)17/h3-5,10H,2,6-9H2,1H3,(H,18,19). The number of carboxylic acids is 1. The van der Waals surface area contributed by atoms with E-state index in [-0.39, 0.29) is 12.0 Å². The highest BCUT2D eigenvalue weighted by Gasteiger charge is 2.45. The molecule has 1 aromatic carbocycles. The van der Waals surface area contributed by atoms with Crippen LogP contribution in [0.5, 0.6) is 0 Å². The molecule has 0 saturated heterocycles. The summed E-state index contributed by atoms with van der Waals surface area (Å²) in [5, 5.41) is 9.48. The van der Waals surface area contributed by atoms with Crippen LogP contribution in [0.1, 0.15) is 38.2 Å². The van der Waals surface area contributed by atoms with Gasteiger partial charge < -0.3 is 5.11 Å². The normalized spacial score (nSPS) is 26.6. The minimum absolute atomic E-state index is 0.0582. The van der Waals surface area contributed by atoms with Crippen LogP contribution in [0.4, 0.5) is 8.78 Å². The van der Waals surface area contributed by atoms with Gasteiger partial charge in [0.1, 0.15) is 11.6 Å². The minimum Gasteiger partial charge on any atom is -0.481 e. The Bertz CT molecular complexity index is 467. The van der Waals surface area contributed by atoms with Crippen LogP contribution in [0.3, 0.4) is 0 Å². The number of hydrogen-bond donors (Lipinski definition) is 1. The van der Waals surface area contributed by atoms with Gasteiger partial charge in [-0.2, -0.15) is 0 Å². The van der Waals surface area contributed by atoms with E-state index in [0.717, 1.165) is 12.8 Å². The second-order valence-corrected chi connectivity index (χ2v) is 5.48. The van der Waals surface area contributed by atoms with Crippen molar-refractivity contribution in [1.29, 1.82) is 0 Å². The van der Waals surface area contributed by atoms with E-state index in [9.17, 15) is 18.7 Å². The Kier molecular flexibility index (Phi) is 3.88. The van der Waals surface area contributed by atoms with Crippen molar-refractivity contribution in [2.24, 2.45) is 11.3 Å². The number of benzene rings is 1. The summed E-state index contributed by atoms with van der Waals surface area (Å²) in [6.45, 7) is 2.02. The van der Waals surface area contributed by atoms with E-state index >= 15 is 0 Å². The maximum absolute atomic E-state index is 13.7. The fraction of sp³-hybridized carbons (Fsp3) is 0.533. The highest BCUT2D eigenvalue weighted by molar-refractivity contribution is 5.75. The van der Waals surface area contributed by atoms with Crippen molar-refractivity contribution in [3.05, 3.63) is 35.4 Å². The summed E-state index contributed by atoms with van der Waals surface area (Å²) >= 11 is 0. The smallest absolute Gasteiger partial charge is 0.309 e. The van der Waals surface area contributed by atoms with E-state index in [1.165, 1.54) is 18.2 Å². The van der Waals surface area contributed by atoms with Crippen LogP contribution in [0.15, 0.2) is 18.2 Å². The summed E-state index contributed by atoms with van der Waals surface area (Å²) in [5.74, 6) is -1.90. The molecule has 0 bridgehead atoms. The Hall–Kier alpha value is -1.45. The first-order chi connectivity index (χ1) is 8.98. The number of carbonyl (C=O) groups is 1. The summed E-state index contributed by atoms with van der Waals surface area (Å²) in [4.78, 5) is 11.6. The molecule has 1 fully saturated rings. The highest BCUT2D eigenvalue weighted by Crippen LogP contribution is 2.46. The van der Waals surface area contributed by atoms with Crippen LogP contribution in [-0.4, -0.2) is 11.1 Å². The number of hydrogen-bond acceptors (Lipinski definition) is 1. The molecule has 1 aromatic rings. The predicted molar refractivity (Wildman–Crippen MR) is 67.8 cm³/mol. The molecule has 1 N–H and O–H groups in total. The zero-order chi connectivity index (χ0) is 14.0. The van der Waals surface area contributed by atoms with E-state index in [4.69, 9.17) is 0 Å². The van der Waals surface area contributed by atoms with Gasteiger partial charge in [0.05, 0.1) is 5.41 Å². The number of aliphatic carboxylic acids is 1. The predicted octanol–water partition coefficient (Wildman–Crippen LogP) is 3.79. The van der Waals surface area contributed by atoms with Gasteiger partial charge in [-0.05, 0) is 43.7 Å². The van der Waals surface area contributed by atoms with E-state index in [1.807, 2.05) is 6.92 Å². The number of carboxylic acid groups (broad SMARTS) is 1. The van der Waals surface area contributed by atoms with E-state index in [0.29, 0.717) is 18.8 Å². The van der Waals surface area contributed by atoms with Gasteiger partial charge in [0.25, 0.3) is 0 Å². The Balaban J connectivity index is 2.30. The first-order valence-corrected chi connectivity index (χ1v) is 6.65. The maximum atomic E-state index is 13.7. The van der Waals surface area contributed by atoms with Crippen molar-refractivity contribution >= 4 is 5.97 Å². The quantitative estimate of drug-likeness (QED) is 0.902. The second-order valence-electron chi connectivity index (χ2n) is 5.48. The van der Waals surface area contributed by atoms with Crippen molar-refractivity contribution in [2.45, 2.75) is 39.0 Å². The van der Waals surface area contributed by atoms with Crippen molar-refractivity contribution in [2.75, 3.05) is 0 Å². The first-order valence-electron chi connectivity index (χ1n) is 6.65. The van der Waals surface area contributed by atoms with Crippen LogP contribution < -0.4 is 0 Å². The van der Waals surface area contributed by atoms with E-state index < -0.39 is 23.0 Å². The molecule has 1 aliphatic rings. The van der Waals surface area contributed by atoms with E-state index in [2.05, 4.69) is 0 Å². The molecule has 1 saturated carbocycles. The van der Waals surface area contributed by atoms with Crippen molar-refractivity contribution in [1.82, 2.24) is 0 Å². The maximum Gasteiger partial charge on any atom is 0.309 e.